The van der Waals surface area contributed by atoms with E-state index in [9.17, 15) is 9.59 Å². The zero-order chi connectivity index (χ0) is 19.1. The summed E-state index contributed by atoms with van der Waals surface area (Å²) in [5, 5.41) is 8.03. The van der Waals surface area contributed by atoms with Crippen molar-refractivity contribution < 1.29 is 14.4 Å². The van der Waals surface area contributed by atoms with Gasteiger partial charge in [0.2, 0.25) is 0 Å². The Morgan fingerprint density at radius 1 is 0.852 bits per heavy atom. The monoisotopic (exact) mass is 379 g/mol. The molecule has 0 aliphatic carbocycles. The molecule has 1 N–H and O–H groups in total. The average molecular weight is 380 g/mol. The highest BCUT2D eigenvalue weighted by Crippen LogP contribution is 2.18. The fraction of sp³-hybridized carbons (Fsp3) is 0. The van der Waals surface area contributed by atoms with Crippen LogP contribution in [0.2, 0.25) is 5.02 Å². The summed E-state index contributed by atoms with van der Waals surface area (Å²) in [5.41, 5.74) is 4.38. The molecule has 0 fully saturated rings. The van der Waals surface area contributed by atoms with E-state index < -0.39 is 11.9 Å². The SMILES string of the molecule is O=C(N=Nc1ccc(NOC(=O)c2cccc(Cl)c2)cc1)c1ccccc1. The number of carbonyl (C=O) groups excluding carboxylic acids is 2. The highest BCUT2D eigenvalue weighted by atomic mass is 35.5. The average Bonchev–Trinajstić information content (AvgIpc) is 2.71. The molecule has 134 valence electrons. The third-order valence-corrected chi connectivity index (χ3v) is 3.70. The van der Waals surface area contributed by atoms with Gasteiger partial charge in [0.1, 0.15) is 0 Å². The summed E-state index contributed by atoms with van der Waals surface area (Å²) in [5.74, 6) is -0.983. The van der Waals surface area contributed by atoms with E-state index in [1.165, 1.54) is 6.07 Å². The van der Waals surface area contributed by atoms with Gasteiger partial charge in [-0.15, -0.1) is 10.2 Å². The summed E-state index contributed by atoms with van der Waals surface area (Å²) < 4.78 is 0. The highest BCUT2D eigenvalue weighted by molar-refractivity contribution is 6.30. The summed E-state index contributed by atoms with van der Waals surface area (Å²) in [4.78, 5) is 28.8. The molecule has 0 atom stereocenters. The van der Waals surface area contributed by atoms with Crippen LogP contribution >= 0.6 is 11.6 Å². The Morgan fingerprint density at radius 3 is 2.26 bits per heavy atom. The van der Waals surface area contributed by atoms with Crippen LogP contribution in [0.1, 0.15) is 20.7 Å². The Hall–Kier alpha value is -3.51. The molecule has 3 aromatic carbocycles. The number of nitrogens with zero attached hydrogens (tertiary/aromatic N) is 2. The smallest absolute Gasteiger partial charge is 0.338 e. The Bertz CT molecular complexity index is 973. The van der Waals surface area contributed by atoms with Crippen LogP contribution in [0, 0.1) is 0 Å². The van der Waals surface area contributed by atoms with Crippen LogP contribution < -0.4 is 5.48 Å². The lowest BCUT2D eigenvalue weighted by Crippen LogP contribution is -2.10. The van der Waals surface area contributed by atoms with Crippen molar-refractivity contribution in [3.8, 4) is 0 Å². The van der Waals surface area contributed by atoms with Gasteiger partial charge < -0.3 is 4.84 Å². The number of rotatable bonds is 5. The highest BCUT2D eigenvalue weighted by Gasteiger charge is 2.08. The van der Waals surface area contributed by atoms with Crippen LogP contribution in [0.15, 0.2) is 89.1 Å². The first kappa shape index (κ1) is 18.3. The van der Waals surface area contributed by atoms with Crippen LogP contribution in [-0.4, -0.2) is 11.9 Å². The van der Waals surface area contributed by atoms with Gasteiger partial charge in [-0.1, -0.05) is 35.9 Å². The summed E-state index contributed by atoms with van der Waals surface area (Å²) in [6, 6.07) is 21.7. The number of azo groups is 1. The van der Waals surface area contributed by atoms with Crippen molar-refractivity contribution in [2.45, 2.75) is 0 Å². The third kappa shape index (κ3) is 5.23. The maximum atomic E-state index is 11.9. The van der Waals surface area contributed by atoms with Crippen molar-refractivity contribution in [1.29, 1.82) is 0 Å². The van der Waals surface area contributed by atoms with Crippen molar-refractivity contribution >= 4 is 34.9 Å². The second-order valence-corrected chi connectivity index (χ2v) is 5.86. The molecule has 0 bridgehead atoms. The fourth-order valence-corrected chi connectivity index (χ4v) is 2.31. The minimum atomic E-state index is -0.560. The zero-order valence-corrected chi connectivity index (χ0v) is 14.8. The molecular weight excluding hydrogens is 366 g/mol. The molecule has 0 aliphatic rings. The molecule has 0 heterocycles. The van der Waals surface area contributed by atoms with Gasteiger partial charge in [-0.25, -0.2) is 10.3 Å². The van der Waals surface area contributed by atoms with Gasteiger partial charge in [0.15, 0.2) is 0 Å². The molecule has 3 rings (SSSR count). The molecular formula is C20H14ClN3O3. The van der Waals surface area contributed by atoms with Gasteiger partial charge >= 0.3 is 5.97 Å². The number of anilines is 1. The topological polar surface area (TPSA) is 80.1 Å². The lowest BCUT2D eigenvalue weighted by molar-refractivity contribution is 0.0596. The Balaban J connectivity index is 1.56. The van der Waals surface area contributed by atoms with Gasteiger partial charge in [0, 0.05) is 10.6 Å². The van der Waals surface area contributed by atoms with Gasteiger partial charge in [-0.3, -0.25) is 4.79 Å². The van der Waals surface area contributed by atoms with E-state index in [4.69, 9.17) is 16.4 Å². The first-order valence-corrected chi connectivity index (χ1v) is 8.33. The molecule has 0 aliphatic heterocycles. The normalized spacial score (nSPS) is 10.6. The van der Waals surface area contributed by atoms with Crippen molar-refractivity contribution in [1.82, 2.24) is 0 Å². The van der Waals surface area contributed by atoms with Crippen LogP contribution in [-0.2, 0) is 4.84 Å². The molecule has 0 saturated carbocycles. The van der Waals surface area contributed by atoms with Crippen LogP contribution in [0.3, 0.4) is 0 Å². The predicted molar refractivity (Wildman–Crippen MR) is 102 cm³/mol. The molecule has 3 aromatic rings. The Morgan fingerprint density at radius 2 is 1.56 bits per heavy atom. The molecule has 0 radical (unpaired) electrons. The van der Waals surface area contributed by atoms with Crippen LogP contribution in [0.25, 0.3) is 0 Å². The van der Waals surface area contributed by atoms with Gasteiger partial charge in [-0.05, 0) is 54.6 Å². The quantitative estimate of drug-likeness (QED) is 0.472. The molecule has 0 unspecified atom stereocenters. The Labute approximate surface area is 160 Å². The number of nitrogens with one attached hydrogen (secondary N) is 1. The van der Waals surface area contributed by atoms with Crippen molar-refractivity contribution in [2.24, 2.45) is 10.2 Å². The lowest BCUT2D eigenvalue weighted by Gasteiger charge is -2.07. The number of halogens is 1. The van der Waals surface area contributed by atoms with Crippen LogP contribution in [0.4, 0.5) is 11.4 Å². The first-order valence-electron chi connectivity index (χ1n) is 7.96. The standard InChI is InChI=1S/C20H14ClN3O3/c21-16-8-4-7-15(13-16)20(26)27-24-18-11-9-17(10-12-18)22-23-19(25)14-5-2-1-3-6-14/h1-13,24H. The van der Waals surface area contributed by atoms with Gasteiger partial charge in [0.25, 0.3) is 5.91 Å². The fourth-order valence-electron chi connectivity index (χ4n) is 2.12. The molecule has 0 spiro atoms. The van der Waals surface area contributed by atoms with E-state index in [1.807, 2.05) is 6.07 Å². The van der Waals surface area contributed by atoms with E-state index >= 15 is 0 Å². The molecule has 27 heavy (non-hydrogen) atoms. The van der Waals surface area contributed by atoms with E-state index in [2.05, 4.69) is 15.7 Å². The zero-order valence-electron chi connectivity index (χ0n) is 14.0. The number of amides is 1. The van der Waals surface area contributed by atoms with Gasteiger partial charge in [0.05, 0.1) is 16.9 Å². The number of carbonyl (C=O) groups is 2. The van der Waals surface area contributed by atoms with Gasteiger partial charge in [-0.2, -0.15) is 0 Å². The summed E-state index contributed by atoms with van der Waals surface area (Å²) in [7, 11) is 0. The largest absolute Gasteiger partial charge is 0.362 e. The van der Waals surface area contributed by atoms with E-state index in [0.717, 1.165) is 0 Å². The lowest BCUT2D eigenvalue weighted by atomic mass is 10.2. The first-order chi connectivity index (χ1) is 13.1. The van der Waals surface area contributed by atoms with E-state index in [1.54, 1.807) is 66.7 Å². The number of hydrogen-bond acceptors (Lipinski definition) is 5. The predicted octanol–water partition coefficient (Wildman–Crippen LogP) is 5.45. The van der Waals surface area contributed by atoms with Crippen molar-refractivity contribution in [3.05, 3.63) is 95.0 Å². The Kier molecular flexibility index (Phi) is 5.91. The molecule has 6 nitrogen and oxygen atoms in total. The maximum Gasteiger partial charge on any atom is 0.362 e. The second-order valence-electron chi connectivity index (χ2n) is 5.42. The second kappa shape index (κ2) is 8.73. The van der Waals surface area contributed by atoms with Crippen molar-refractivity contribution in [3.63, 3.8) is 0 Å². The van der Waals surface area contributed by atoms with Crippen molar-refractivity contribution in [2.75, 3.05) is 5.48 Å². The molecule has 0 saturated heterocycles. The minimum absolute atomic E-state index is 0.333. The van der Waals surface area contributed by atoms with E-state index in [-0.39, 0.29) is 0 Å². The third-order valence-electron chi connectivity index (χ3n) is 3.47. The molecule has 0 aromatic heterocycles. The van der Waals surface area contributed by atoms with E-state index in [0.29, 0.717) is 27.5 Å². The maximum absolute atomic E-state index is 11.9. The summed E-state index contributed by atoms with van der Waals surface area (Å²) in [6.07, 6.45) is 0. The molecule has 7 heteroatoms. The summed E-state index contributed by atoms with van der Waals surface area (Å²) >= 11 is 5.84. The number of hydrogen-bond donors (Lipinski definition) is 1. The number of benzene rings is 3. The van der Waals surface area contributed by atoms with Crippen LogP contribution in [0.5, 0.6) is 0 Å². The molecule has 1 amide bonds. The summed E-state index contributed by atoms with van der Waals surface area (Å²) in [6.45, 7) is 0. The minimum Gasteiger partial charge on any atom is -0.338 e.